The van der Waals surface area contributed by atoms with Gasteiger partial charge in [-0.15, -0.1) is 0 Å². The van der Waals surface area contributed by atoms with Gasteiger partial charge in [-0.05, 0) is 37.0 Å². The van der Waals surface area contributed by atoms with Crippen molar-refractivity contribution in [2.75, 3.05) is 10.6 Å². The molecular formula is C20H21N7. The quantitative estimate of drug-likeness (QED) is 0.516. The molecule has 1 atom stereocenters. The molecule has 1 aliphatic rings. The van der Waals surface area contributed by atoms with Gasteiger partial charge in [0.2, 0.25) is 5.95 Å². The zero-order valence-corrected chi connectivity index (χ0v) is 15.3. The van der Waals surface area contributed by atoms with Crippen molar-refractivity contribution in [2.24, 2.45) is 7.05 Å². The first kappa shape index (κ1) is 15.9. The van der Waals surface area contributed by atoms with E-state index in [1.54, 1.807) is 4.68 Å². The molecule has 1 aromatic carbocycles. The second-order valence-electron chi connectivity index (χ2n) is 6.99. The number of anilines is 3. The standard InChI is InChI=1S/C20H21N7/c1-12-11-17(27(2)26-12)23-20-24-18-15(9-10-21-18)19(25-20)22-16-8-7-13-5-3-4-6-14(13)16/h3-6,9-11,16H,7-8H2,1-2H3,(H3,21,22,23,24,25)/t16-/m0/s1. The highest BCUT2D eigenvalue weighted by Gasteiger charge is 2.23. The fraction of sp³-hybridized carbons (Fsp3) is 0.250. The van der Waals surface area contributed by atoms with E-state index < -0.39 is 0 Å². The first-order valence-corrected chi connectivity index (χ1v) is 9.14. The molecule has 0 aliphatic heterocycles. The topological polar surface area (TPSA) is 83.5 Å². The van der Waals surface area contributed by atoms with E-state index in [9.17, 15) is 0 Å². The van der Waals surface area contributed by atoms with Crippen LogP contribution in [0.3, 0.4) is 0 Å². The van der Waals surface area contributed by atoms with Crippen LogP contribution in [0, 0.1) is 6.92 Å². The average Bonchev–Trinajstić information content (AvgIpc) is 3.35. The molecule has 0 unspecified atom stereocenters. The molecule has 0 spiro atoms. The third kappa shape index (κ3) is 2.81. The molecular weight excluding hydrogens is 338 g/mol. The summed E-state index contributed by atoms with van der Waals surface area (Å²) in [4.78, 5) is 12.6. The number of aromatic nitrogens is 5. The minimum absolute atomic E-state index is 0.265. The highest BCUT2D eigenvalue weighted by Crippen LogP contribution is 2.35. The maximum Gasteiger partial charge on any atom is 0.232 e. The van der Waals surface area contributed by atoms with Gasteiger partial charge in [0.1, 0.15) is 17.3 Å². The van der Waals surface area contributed by atoms with Crippen molar-refractivity contribution in [1.29, 1.82) is 0 Å². The number of nitrogens with zero attached hydrogens (tertiary/aromatic N) is 4. The Morgan fingerprint density at radius 3 is 2.93 bits per heavy atom. The minimum atomic E-state index is 0.265. The lowest BCUT2D eigenvalue weighted by molar-refractivity contribution is 0.757. The van der Waals surface area contributed by atoms with Gasteiger partial charge in [0.25, 0.3) is 0 Å². The van der Waals surface area contributed by atoms with E-state index in [1.807, 2.05) is 32.3 Å². The summed E-state index contributed by atoms with van der Waals surface area (Å²) in [6, 6.07) is 12.9. The summed E-state index contributed by atoms with van der Waals surface area (Å²) >= 11 is 0. The number of benzene rings is 1. The van der Waals surface area contributed by atoms with Crippen LogP contribution in [-0.2, 0) is 13.5 Å². The molecule has 3 heterocycles. The predicted octanol–water partition coefficient (Wildman–Crippen LogP) is 3.84. The van der Waals surface area contributed by atoms with Gasteiger partial charge < -0.3 is 15.6 Å². The monoisotopic (exact) mass is 359 g/mol. The molecule has 0 saturated carbocycles. The Kier molecular flexibility index (Phi) is 3.60. The van der Waals surface area contributed by atoms with Crippen molar-refractivity contribution in [3.8, 4) is 0 Å². The molecule has 0 amide bonds. The first-order chi connectivity index (χ1) is 13.2. The third-order valence-electron chi connectivity index (χ3n) is 5.10. The fourth-order valence-corrected chi connectivity index (χ4v) is 3.82. The first-order valence-electron chi connectivity index (χ1n) is 9.14. The van der Waals surface area contributed by atoms with Crippen molar-refractivity contribution in [3.63, 3.8) is 0 Å². The van der Waals surface area contributed by atoms with Gasteiger partial charge >= 0.3 is 0 Å². The van der Waals surface area contributed by atoms with Crippen LogP contribution in [-0.4, -0.2) is 24.7 Å². The van der Waals surface area contributed by atoms with E-state index in [0.29, 0.717) is 5.95 Å². The molecule has 4 aromatic rings. The summed E-state index contributed by atoms with van der Waals surface area (Å²) in [5.41, 5.74) is 4.52. The van der Waals surface area contributed by atoms with Crippen molar-refractivity contribution < 1.29 is 0 Å². The Labute approximate surface area is 156 Å². The number of hydrogen-bond acceptors (Lipinski definition) is 5. The number of hydrogen-bond donors (Lipinski definition) is 3. The number of nitrogens with one attached hydrogen (secondary N) is 3. The Bertz CT molecular complexity index is 1120. The second-order valence-corrected chi connectivity index (χ2v) is 6.99. The molecule has 3 N–H and O–H groups in total. The Balaban J connectivity index is 1.50. The molecule has 7 heteroatoms. The highest BCUT2D eigenvalue weighted by atomic mass is 15.3. The summed E-state index contributed by atoms with van der Waals surface area (Å²) in [6.45, 7) is 1.96. The van der Waals surface area contributed by atoms with Crippen LogP contribution in [0.25, 0.3) is 11.0 Å². The molecule has 0 bridgehead atoms. The van der Waals surface area contributed by atoms with Gasteiger partial charge in [-0.2, -0.15) is 15.1 Å². The number of aryl methyl sites for hydroxylation is 3. The summed E-state index contributed by atoms with van der Waals surface area (Å²) in [6.07, 6.45) is 4.05. The smallest absolute Gasteiger partial charge is 0.232 e. The van der Waals surface area contributed by atoms with Crippen molar-refractivity contribution in [3.05, 3.63) is 59.4 Å². The van der Waals surface area contributed by atoms with Crippen LogP contribution in [0.2, 0.25) is 0 Å². The Morgan fingerprint density at radius 1 is 1.19 bits per heavy atom. The molecule has 136 valence electrons. The average molecular weight is 359 g/mol. The number of fused-ring (bicyclic) bond motifs is 2. The predicted molar refractivity (Wildman–Crippen MR) is 106 cm³/mol. The normalized spacial score (nSPS) is 15.9. The largest absolute Gasteiger partial charge is 0.363 e. The zero-order valence-electron chi connectivity index (χ0n) is 15.3. The van der Waals surface area contributed by atoms with E-state index in [-0.39, 0.29) is 6.04 Å². The van der Waals surface area contributed by atoms with E-state index in [1.165, 1.54) is 11.1 Å². The van der Waals surface area contributed by atoms with Gasteiger partial charge in [-0.1, -0.05) is 24.3 Å². The van der Waals surface area contributed by atoms with Crippen molar-refractivity contribution in [2.45, 2.75) is 25.8 Å². The Hall–Kier alpha value is -3.35. The molecule has 5 rings (SSSR count). The van der Waals surface area contributed by atoms with Crippen LogP contribution < -0.4 is 10.6 Å². The molecule has 0 radical (unpaired) electrons. The van der Waals surface area contributed by atoms with E-state index >= 15 is 0 Å². The minimum Gasteiger partial charge on any atom is -0.363 e. The van der Waals surface area contributed by atoms with E-state index in [2.05, 4.69) is 50.0 Å². The molecule has 0 saturated heterocycles. The highest BCUT2D eigenvalue weighted by molar-refractivity contribution is 5.88. The van der Waals surface area contributed by atoms with Gasteiger partial charge in [0, 0.05) is 19.3 Å². The van der Waals surface area contributed by atoms with Crippen LogP contribution >= 0.6 is 0 Å². The maximum absolute atomic E-state index is 4.76. The maximum atomic E-state index is 4.76. The number of aromatic amines is 1. The lowest BCUT2D eigenvalue weighted by atomic mass is 10.1. The summed E-state index contributed by atoms with van der Waals surface area (Å²) in [7, 11) is 1.90. The van der Waals surface area contributed by atoms with Gasteiger partial charge in [0.05, 0.1) is 17.1 Å². The SMILES string of the molecule is Cc1cc(Nc2nc(N[C@H]3CCc4ccccc43)c3cc[nH]c3n2)n(C)n1. The second kappa shape index (κ2) is 6.12. The van der Waals surface area contributed by atoms with Gasteiger partial charge in [-0.25, -0.2) is 0 Å². The summed E-state index contributed by atoms with van der Waals surface area (Å²) < 4.78 is 1.79. The number of H-pyrrole nitrogens is 1. The van der Waals surface area contributed by atoms with Crippen LogP contribution in [0.1, 0.15) is 29.3 Å². The molecule has 7 nitrogen and oxygen atoms in total. The molecule has 3 aromatic heterocycles. The lowest BCUT2D eigenvalue weighted by Crippen LogP contribution is -2.11. The van der Waals surface area contributed by atoms with Gasteiger partial charge in [0.15, 0.2) is 0 Å². The summed E-state index contributed by atoms with van der Waals surface area (Å²) in [5.74, 6) is 2.24. The Morgan fingerprint density at radius 2 is 2.07 bits per heavy atom. The third-order valence-corrected chi connectivity index (χ3v) is 5.10. The van der Waals surface area contributed by atoms with Crippen LogP contribution in [0.15, 0.2) is 42.6 Å². The molecule has 1 aliphatic carbocycles. The zero-order chi connectivity index (χ0) is 18.4. The van der Waals surface area contributed by atoms with Gasteiger partial charge in [-0.3, -0.25) is 4.68 Å². The van der Waals surface area contributed by atoms with Crippen molar-refractivity contribution >= 4 is 28.6 Å². The molecule has 0 fully saturated rings. The lowest BCUT2D eigenvalue weighted by Gasteiger charge is -2.16. The van der Waals surface area contributed by atoms with E-state index in [0.717, 1.165) is 41.2 Å². The summed E-state index contributed by atoms with van der Waals surface area (Å²) in [5, 5.41) is 12.3. The number of rotatable bonds is 4. The molecule has 27 heavy (non-hydrogen) atoms. The van der Waals surface area contributed by atoms with E-state index in [4.69, 9.17) is 4.98 Å². The van der Waals surface area contributed by atoms with Crippen LogP contribution in [0.4, 0.5) is 17.6 Å². The van der Waals surface area contributed by atoms with Crippen LogP contribution in [0.5, 0.6) is 0 Å². The fourth-order valence-electron chi connectivity index (χ4n) is 3.82. The van der Waals surface area contributed by atoms with Crippen molar-refractivity contribution in [1.82, 2.24) is 24.7 Å².